The standard InChI is InChI=1S/C37H54N7O13P/c1-21(2)12-29(41-37(52)31-15-27(18-44(31)23(4)46)56-43-34(49)11-10-24-8-6-5-7-9-24)32(47)14-25(13-26-17-39-20-40-26)36(51)42-30(19-45)33(48)16-28(35(38)50)22(3)57-58(53,54)55/h5-9,17,20-22,25,27-31,45H,10-16,18-19H2,1-4H3,(H2,38,50)(H,39,40)(H,41,52)(H,42,51)(H,43,49)(H2,53,54,55)/t22-,25-,27-,28+,29+,30+,31+/m1/s1. The molecule has 0 radical (unpaired) electrons. The van der Waals surface area contributed by atoms with Crippen LogP contribution in [-0.2, 0) is 60.3 Å². The third-order valence-corrected chi connectivity index (χ3v) is 10.2. The maximum absolute atomic E-state index is 14.0. The van der Waals surface area contributed by atoms with Crippen LogP contribution in [0, 0.1) is 17.8 Å². The highest BCUT2D eigenvalue weighted by Crippen LogP contribution is 2.39. The number of hydrogen-bond acceptors (Lipinski definition) is 12. The van der Waals surface area contributed by atoms with Crippen molar-refractivity contribution >= 4 is 48.9 Å². The lowest BCUT2D eigenvalue weighted by atomic mass is 9.89. The first-order chi connectivity index (χ1) is 27.3. The fraction of sp³-hybridized carbons (Fsp3) is 0.568. The molecule has 5 amide bonds. The highest BCUT2D eigenvalue weighted by Gasteiger charge is 2.41. The molecular weight excluding hydrogens is 781 g/mol. The maximum atomic E-state index is 14.0. The smallest absolute Gasteiger partial charge is 0.394 e. The number of carbonyl (C=O) groups excluding carboxylic acids is 7. The molecule has 9 N–H and O–H groups in total. The van der Waals surface area contributed by atoms with E-state index in [1.165, 1.54) is 24.3 Å². The van der Waals surface area contributed by atoms with Crippen molar-refractivity contribution in [2.45, 2.75) is 103 Å². The summed E-state index contributed by atoms with van der Waals surface area (Å²) in [5.41, 5.74) is 9.17. The van der Waals surface area contributed by atoms with E-state index < -0.39 is 105 Å². The number of phosphoric ester groups is 1. The van der Waals surface area contributed by atoms with Gasteiger partial charge in [0, 0.05) is 50.9 Å². The Morgan fingerprint density at radius 2 is 1.69 bits per heavy atom. The number of imidazole rings is 1. The average molecular weight is 836 g/mol. The van der Waals surface area contributed by atoms with Crippen molar-refractivity contribution in [2.24, 2.45) is 23.5 Å². The Bertz CT molecular complexity index is 1770. The number of aromatic amines is 1. The van der Waals surface area contributed by atoms with E-state index in [1.807, 2.05) is 44.2 Å². The lowest BCUT2D eigenvalue weighted by Crippen LogP contribution is -2.52. The van der Waals surface area contributed by atoms with Crippen LogP contribution in [0.25, 0.3) is 0 Å². The zero-order chi connectivity index (χ0) is 43.2. The number of phosphoric acid groups is 1. The maximum Gasteiger partial charge on any atom is 0.469 e. The van der Waals surface area contributed by atoms with Crippen LogP contribution in [0.5, 0.6) is 0 Å². The Labute approximate surface area is 335 Å². The van der Waals surface area contributed by atoms with Gasteiger partial charge in [0.15, 0.2) is 11.6 Å². The molecular formula is C37H54N7O13P. The lowest BCUT2D eigenvalue weighted by Gasteiger charge is -2.27. The first kappa shape index (κ1) is 47.5. The molecule has 1 aliphatic heterocycles. The van der Waals surface area contributed by atoms with Gasteiger partial charge >= 0.3 is 7.82 Å². The van der Waals surface area contributed by atoms with Crippen LogP contribution in [0.3, 0.4) is 0 Å². The van der Waals surface area contributed by atoms with Gasteiger partial charge in [-0.15, -0.1) is 0 Å². The Balaban J connectivity index is 1.71. The number of rotatable bonds is 24. The molecule has 0 bridgehead atoms. The van der Waals surface area contributed by atoms with Gasteiger partial charge in [-0.05, 0) is 31.2 Å². The second-order valence-corrected chi connectivity index (χ2v) is 15.9. The van der Waals surface area contributed by atoms with Gasteiger partial charge in [-0.1, -0.05) is 44.2 Å². The fourth-order valence-electron chi connectivity index (χ4n) is 6.56. The van der Waals surface area contributed by atoms with Crippen LogP contribution in [0.2, 0.25) is 0 Å². The van der Waals surface area contributed by atoms with Gasteiger partial charge in [0.05, 0.1) is 43.5 Å². The molecule has 1 saturated heterocycles. The number of H-pyrrole nitrogens is 1. The topological polar surface area (TPSA) is 310 Å². The van der Waals surface area contributed by atoms with Gasteiger partial charge in [-0.2, -0.15) is 0 Å². The van der Waals surface area contributed by atoms with Crippen molar-refractivity contribution in [1.29, 1.82) is 0 Å². The van der Waals surface area contributed by atoms with E-state index in [0.29, 0.717) is 12.1 Å². The number of aliphatic hydroxyl groups is 1. The minimum Gasteiger partial charge on any atom is -0.394 e. The van der Waals surface area contributed by atoms with E-state index in [9.17, 15) is 43.2 Å². The van der Waals surface area contributed by atoms with Gasteiger partial charge in [0.1, 0.15) is 18.2 Å². The molecule has 58 heavy (non-hydrogen) atoms. The van der Waals surface area contributed by atoms with Crippen LogP contribution in [0.4, 0.5) is 0 Å². The van der Waals surface area contributed by atoms with Crippen molar-refractivity contribution < 1.29 is 62.4 Å². The van der Waals surface area contributed by atoms with Gasteiger partial charge in [-0.3, -0.25) is 42.9 Å². The number of nitrogens with zero attached hydrogens (tertiary/aromatic N) is 2. The highest BCUT2D eigenvalue weighted by atomic mass is 31.2. The van der Waals surface area contributed by atoms with Gasteiger partial charge in [-0.25, -0.2) is 15.0 Å². The summed E-state index contributed by atoms with van der Waals surface area (Å²) in [6.45, 7) is 5.12. The Morgan fingerprint density at radius 1 is 1.02 bits per heavy atom. The number of primary amides is 1. The van der Waals surface area contributed by atoms with Crippen molar-refractivity contribution in [3.63, 3.8) is 0 Å². The second-order valence-electron chi connectivity index (χ2n) is 14.7. The number of aryl methyl sites for hydroxylation is 1. The zero-order valence-electron chi connectivity index (χ0n) is 32.9. The first-order valence-electron chi connectivity index (χ1n) is 18.8. The van der Waals surface area contributed by atoms with Crippen LogP contribution in [0.1, 0.15) is 71.1 Å². The number of nitrogens with two attached hydrogens (primary N) is 1. The number of ketones is 2. The molecule has 1 aromatic carbocycles. The lowest BCUT2D eigenvalue weighted by molar-refractivity contribution is -0.139. The highest BCUT2D eigenvalue weighted by molar-refractivity contribution is 7.46. The predicted molar refractivity (Wildman–Crippen MR) is 204 cm³/mol. The summed E-state index contributed by atoms with van der Waals surface area (Å²) in [5.74, 6) is -7.68. The number of Topliss-reactive ketones (excluding diaryl/α,β-unsaturated/α-hetero) is 2. The number of aliphatic hydroxyl groups excluding tert-OH is 1. The third-order valence-electron chi connectivity index (χ3n) is 9.59. The number of hydroxylamine groups is 1. The van der Waals surface area contributed by atoms with Crippen LogP contribution < -0.4 is 21.8 Å². The van der Waals surface area contributed by atoms with E-state index in [0.717, 1.165) is 12.5 Å². The summed E-state index contributed by atoms with van der Waals surface area (Å²) < 4.78 is 15.8. The summed E-state index contributed by atoms with van der Waals surface area (Å²) in [7, 11) is -5.07. The largest absolute Gasteiger partial charge is 0.469 e. The molecule has 1 aromatic heterocycles. The first-order valence-corrected chi connectivity index (χ1v) is 20.3. The normalized spacial score (nSPS) is 18.1. The third kappa shape index (κ3) is 15.5. The number of carbonyl (C=O) groups is 7. The Hall–Kier alpha value is -4.85. The molecule has 21 heteroatoms. The molecule has 0 spiro atoms. The quantitative estimate of drug-likeness (QED) is 0.0501. The average Bonchev–Trinajstić information content (AvgIpc) is 3.83. The van der Waals surface area contributed by atoms with E-state index in [2.05, 4.69) is 30.6 Å². The predicted octanol–water partition coefficient (Wildman–Crippen LogP) is -0.236. The fourth-order valence-corrected chi connectivity index (χ4v) is 7.14. The van der Waals surface area contributed by atoms with E-state index in [-0.39, 0.29) is 44.1 Å². The van der Waals surface area contributed by atoms with Gasteiger partial charge in [0.2, 0.25) is 29.5 Å². The minimum atomic E-state index is -5.07. The molecule has 0 aliphatic carbocycles. The summed E-state index contributed by atoms with van der Waals surface area (Å²) in [6.07, 6.45) is 0.0938. The molecule has 2 heterocycles. The van der Waals surface area contributed by atoms with Crippen molar-refractivity contribution in [3.05, 3.63) is 54.1 Å². The number of aromatic nitrogens is 2. The summed E-state index contributed by atoms with van der Waals surface area (Å²) in [5, 5.41) is 15.2. The van der Waals surface area contributed by atoms with Crippen LogP contribution in [0.15, 0.2) is 42.9 Å². The molecule has 20 nitrogen and oxygen atoms in total. The molecule has 320 valence electrons. The second kappa shape index (κ2) is 22.3. The van der Waals surface area contributed by atoms with Gasteiger partial charge in [0.25, 0.3) is 0 Å². The zero-order valence-corrected chi connectivity index (χ0v) is 33.8. The summed E-state index contributed by atoms with van der Waals surface area (Å²) >= 11 is 0. The molecule has 1 aliphatic rings. The number of nitrogens with one attached hydrogen (secondary N) is 4. The van der Waals surface area contributed by atoms with E-state index in [1.54, 1.807) is 0 Å². The summed E-state index contributed by atoms with van der Waals surface area (Å²) in [4.78, 5) is 124. The van der Waals surface area contributed by atoms with Crippen LogP contribution in [-0.4, -0.2) is 114 Å². The SMILES string of the molecule is CC(=O)N1C[C@H](ONC(=O)CCc2ccccc2)C[C@H]1C(=O)N[C@@H](CC(C)C)C(=O)C[C@@H](Cc1cnc[nH]1)C(=O)N[C@@H](CO)C(=O)C[C@H](C(N)=O)[C@@H](C)OP(=O)(O)O. The van der Waals surface area contributed by atoms with Crippen LogP contribution >= 0.6 is 7.82 Å². The number of hydrogen-bond donors (Lipinski definition) is 8. The molecule has 2 aromatic rings. The number of likely N-dealkylation sites (tertiary alicyclic amines) is 1. The Kier molecular flexibility index (Phi) is 18.3. The molecule has 3 rings (SSSR count). The minimum absolute atomic E-state index is 0.00213. The van der Waals surface area contributed by atoms with E-state index in [4.69, 9.17) is 20.4 Å². The van der Waals surface area contributed by atoms with Gasteiger partial charge < -0.3 is 41.1 Å². The van der Waals surface area contributed by atoms with E-state index >= 15 is 0 Å². The summed E-state index contributed by atoms with van der Waals surface area (Å²) in [6, 6.07) is 5.64. The monoisotopic (exact) mass is 835 g/mol. The number of amides is 5. The molecule has 0 saturated carbocycles. The van der Waals surface area contributed by atoms with Crippen molar-refractivity contribution in [1.82, 2.24) is 31.0 Å². The molecule has 7 atom stereocenters. The van der Waals surface area contributed by atoms with Crippen molar-refractivity contribution in [2.75, 3.05) is 13.2 Å². The number of benzene rings is 1. The molecule has 1 fully saturated rings. The molecule has 0 unspecified atom stereocenters. The van der Waals surface area contributed by atoms with Crippen molar-refractivity contribution in [3.8, 4) is 0 Å². The Morgan fingerprint density at radius 3 is 2.26 bits per heavy atom.